The fraction of sp³-hybridized carbons (Fsp3) is 0.611. The van der Waals surface area contributed by atoms with Crippen LogP contribution >= 0.6 is 11.8 Å². The maximum absolute atomic E-state index is 12.6. The summed E-state index contributed by atoms with van der Waals surface area (Å²) in [6.45, 7) is 6.91. The van der Waals surface area contributed by atoms with Crippen LogP contribution in [0.1, 0.15) is 40.9 Å². The lowest BCUT2D eigenvalue weighted by Crippen LogP contribution is -2.11. The minimum Gasteiger partial charge on any atom is -0.349 e. The molecule has 0 aliphatic carbocycles. The quantitative estimate of drug-likeness (QED) is 0.514. The normalized spacial score (nSPS) is 18.9. The molecule has 1 atom stereocenters. The molecule has 0 radical (unpaired) electrons. The number of rotatable bonds is 7. The Kier molecular flexibility index (Phi) is 5.81. The van der Waals surface area contributed by atoms with Gasteiger partial charge in [0.15, 0.2) is 20.8 Å². The zero-order chi connectivity index (χ0) is 19.8. The smallest absolute Gasteiger partial charge is 0.191 e. The lowest BCUT2D eigenvalue weighted by Gasteiger charge is -2.08. The van der Waals surface area contributed by atoms with E-state index in [0.29, 0.717) is 23.8 Å². The van der Waals surface area contributed by atoms with E-state index in [-0.39, 0.29) is 23.2 Å². The summed E-state index contributed by atoms with van der Waals surface area (Å²) >= 11 is 1.37. The van der Waals surface area contributed by atoms with Crippen molar-refractivity contribution < 1.29 is 13.2 Å². The van der Waals surface area contributed by atoms with Gasteiger partial charge in [-0.05, 0) is 39.2 Å². The van der Waals surface area contributed by atoms with Gasteiger partial charge in [-0.15, -0.1) is 10.2 Å². The van der Waals surface area contributed by atoms with Crippen molar-refractivity contribution >= 4 is 27.4 Å². The Labute approximate surface area is 164 Å². The van der Waals surface area contributed by atoms with E-state index in [0.717, 1.165) is 29.3 Å². The topological polar surface area (TPSA) is 86.8 Å². The highest BCUT2D eigenvalue weighted by Gasteiger charge is 2.29. The Bertz CT molecular complexity index is 960. The van der Waals surface area contributed by atoms with E-state index in [1.807, 2.05) is 31.5 Å². The molecule has 148 valence electrons. The highest BCUT2D eigenvalue weighted by atomic mass is 32.2. The Morgan fingerprint density at radius 2 is 2.07 bits per heavy atom. The summed E-state index contributed by atoms with van der Waals surface area (Å²) in [5.41, 5.74) is 2.86. The van der Waals surface area contributed by atoms with Crippen LogP contribution in [-0.4, -0.2) is 50.8 Å². The second-order valence-electron chi connectivity index (χ2n) is 7.17. The zero-order valence-corrected chi connectivity index (χ0v) is 17.9. The van der Waals surface area contributed by atoms with Crippen LogP contribution in [0.25, 0.3) is 0 Å². The molecule has 1 aliphatic heterocycles. The SMILES string of the molecule is CCn1c(C)cc(C(=O)CSc2nnc(C[C@H]3CCS(=O)(=O)C3)n2C)c1C. The summed E-state index contributed by atoms with van der Waals surface area (Å²) in [7, 11) is -1.02. The molecule has 9 heteroatoms. The first-order chi connectivity index (χ1) is 12.7. The number of thioether (sulfide) groups is 1. The predicted molar refractivity (Wildman–Crippen MR) is 106 cm³/mol. The first kappa shape index (κ1) is 20.1. The maximum Gasteiger partial charge on any atom is 0.191 e. The van der Waals surface area contributed by atoms with Gasteiger partial charge in [-0.25, -0.2) is 8.42 Å². The van der Waals surface area contributed by atoms with E-state index in [1.54, 1.807) is 0 Å². The van der Waals surface area contributed by atoms with E-state index in [2.05, 4.69) is 21.7 Å². The Morgan fingerprint density at radius 3 is 2.67 bits per heavy atom. The van der Waals surface area contributed by atoms with Crippen LogP contribution in [-0.2, 0) is 29.9 Å². The number of hydrogen-bond acceptors (Lipinski definition) is 6. The molecular weight excluding hydrogens is 384 g/mol. The number of aromatic nitrogens is 4. The van der Waals surface area contributed by atoms with Gasteiger partial charge in [-0.2, -0.15) is 0 Å². The van der Waals surface area contributed by atoms with Gasteiger partial charge in [-0.3, -0.25) is 4.79 Å². The van der Waals surface area contributed by atoms with E-state index >= 15 is 0 Å². The van der Waals surface area contributed by atoms with Gasteiger partial charge in [0.05, 0.1) is 17.3 Å². The third kappa shape index (κ3) is 4.29. The zero-order valence-electron chi connectivity index (χ0n) is 16.2. The van der Waals surface area contributed by atoms with Gasteiger partial charge in [-0.1, -0.05) is 11.8 Å². The number of hydrogen-bond donors (Lipinski definition) is 0. The second-order valence-corrected chi connectivity index (χ2v) is 10.3. The van der Waals surface area contributed by atoms with E-state index in [9.17, 15) is 13.2 Å². The molecule has 1 fully saturated rings. The van der Waals surface area contributed by atoms with Gasteiger partial charge in [0.1, 0.15) is 5.82 Å². The highest BCUT2D eigenvalue weighted by Crippen LogP contribution is 2.25. The molecule has 0 bridgehead atoms. The van der Waals surface area contributed by atoms with Crippen LogP contribution < -0.4 is 0 Å². The molecule has 0 amide bonds. The van der Waals surface area contributed by atoms with Crippen molar-refractivity contribution in [2.24, 2.45) is 13.0 Å². The van der Waals surface area contributed by atoms with Crippen molar-refractivity contribution in [2.75, 3.05) is 17.3 Å². The Hall–Kier alpha value is -1.61. The van der Waals surface area contributed by atoms with Crippen molar-refractivity contribution in [3.05, 3.63) is 28.8 Å². The molecule has 0 N–H and O–H groups in total. The Morgan fingerprint density at radius 1 is 1.33 bits per heavy atom. The standard InChI is InChI=1S/C18H26N4O3S2/c1-5-22-12(2)8-15(13(22)3)16(23)10-26-18-20-19-17(21(18)4)9-14-6-7-27(24,25)11-14/h8,14H,5-7,9-11H2,1-4H3/t14-/m1/s1. The van der Waals surface area contributed by atoms with Gasteiger partial charge in [0, 0.05) is 37.0 Å². The number of aryl methyl sites for hydroxylation is 1. The minimum absolute atomic E-state index is 0.0826. The molecule has 0 unspecified atom stereocenters. The first-order valence-corrected chi connectivity index (χ1v) is 11.9. The summed E-state index contributed by atoms with van der Waals surface area (Å²) in [5.74, 6) is 1.76. The van der Waals surface area contributed by atoms with Gasteiger partial charge in [0.2, 0.25) is 0 Å². The predicted octanol–water partition coefficient (Wildman–Crippen LogP) is 2.21. The van der Waals surface area contributed by atoms with Crippen molar-refractivity contribution in [2.45, 2.75) is 45.3 Å². The molecule has 0 saturated carbocycles. The second kappa shape index (κ2) is 7.79. The highest BCUT2D eigenvalue weighted by molar-refractivity contribution is 7.99. The molecule has 3 heterocycles. The first-order valence-electron chi connectivity index (χ1n) is 9.13. The maximum atomic E-state index is 12.6. The minimum atomic E-state index is -2.89. The largest absolute Gasteiger partial charge is 0.349 e. The summed E-state index contributed by atoms with van der Waals surface area (Å²) in [6, 6.07) is 1.95. The number of nitrogens with zero attached hydrogens (tertiary/aromatic N) is 4. The summed E-state index contributed by atoms with van der Waals surface area (Å²) < 4.78 is 27.3. The summed E-state index contributed by atoms with van der Waals surface area (Å²) in [6.07, 6.45) is 1.29. The van der Waals surface area contributed by atoms with Crippen LogP contribution in [0, 0.1) is 19.8 Å². The number of ketones is 1. The molecule has 0 aromatic carbocycles. The van der Waals surface area contributed by atoms with Crippen molar-refractivity contribution in [3.63, 3.8) is 0 Å². The molecule has 1 aliphatic rings. The number of carbonyl (C=O) groups excluding carboxylic acids is 1. The third-order valence-electron chi connectivity index (χ3n) is 5.25. The molecule has 3 rings (SSSR count). The number of Topliss-reactive ketones (excluding diaryl/α,β-unsaturated/α-hetero) is 1. The van der Waals surface area contributed by atoms with Crippen LogP contribution in [0.5, 0.6) is 0 Å². The van der Waals surface area contributed by atoms with E-state index < -0.39 is 9.84 Å². The van der Waals surface area contributed by atoms with Crippen molar-refractivity contribution in [3.8, 4) is 0 Å². The van der Waals surface area contributed by atoms with E-state index in [4.69, 9.17) is 0 Å². The lowest BCUT2D eigenvalue weighted by atomic mass is 10.1. The average molecular weight is 411 g/mol. The van der Waals surface area contributed by atoms with Gasteiger partial charge in [0.25, 0.3) is 0 Å². The van der Waals surface area contributed by atoms with Crippen LogP contribution in [0.4, 0.5) is 0 Å². The molecule has 0 spiro atoms. The number of sulfone groups is 1. The van der Waals surface area contributed by atoms with Crippen molar-refractivity contribution in [1.82, 2.24) is 19.3 Å². The monoisotopic (exact) mass is 410 g/mol. The molecule has 2 aromatic rings. The summed E-state index contributed by atoms with van der Waals surface area (Å²) in [5, 5.41) is 9.08. The Balaban J connectivity index is 1.64. The molecule has 2 aromatic heterocycles. The fourth-order valence-electron chi connectivity index (χ4n) is 3.72. The fourth-order valence-corrected chi connectivity index (χ4v) is 6.39. The average Bonchev–Trinajstić information content (AvgIpc) is 3.22. The van der Waals surface area contributed by atoms with Gasteiger partial charge >= 0.3 is 0 Å². The van der Waals surface area contributed by atoms with Gasteiger partial charge < -0.3 is 9.13 Å². The molecule has 7 nitrogen and oxygen atoms in total. The molecule has 27 heavy (non-hydrogen) atoms. The van der Waals surface area contributed by atoms with Crippen LogP contribution in [0.2, 0.25) is 0 Å². The van der Waals surface area contributed by atoms with Crippen LogP contribution in [0.3, 0.4) is 0 Å². The lowest BCUT2D eigenvalue weighted by molar-refractivity contribution is 0.102. The van der Waals surface area contributed by atoms with Crippen LogP contribution in [0.15, 0.2) is 11.2 Å². The third-order valence-corrected chi connectivity index (χ3v) is 8.10. The van der Waals surface area contributed by atoms with E-state index in [1.165, 1.54) is 11.8 Å². The molecule has 1 saturated heterocycles. The number of carbonyl (C=O) groups is 1. The molecular formula is C18H26N4O3S2. The summed E-state index contributed by atoms with van der Waals surface area (Å²) in [4.78, 5) is 12.6. The van der Waals surface area contributed by atoms with Crippen molar-refractivity contribution in [1.29, 1.82) is 0 Å².